The van der Waals surface area contributed by atoms with E-state index in [0.29, 0.717) is 44.4 Å². The molecular formula is C10H19N5O3S. The van der Waals surface area contributed by atoms with Gasteiger partial charge in [-0.1, -0.05) is 12.1 Å². The molecule has 1 saturated heterocycles. The van der Waals surface area contributed by atoms with Gasteiger partial charge >= 0.3 is 0 Å². The fourth-order valence-corrected chi connectivity index (χ4v) is 2.68. The first kappa shape index (κ1) is 14.4. The molecule has 1 aliphatic rings. The second-order valence-corrected chi connectivity index (χ2v) is 6.12. The molecule has 0 atom stereocenters. The van der Waals surface area contributed by atoms with E-state index in [4.69, 9.17) is 9.66 Å². The molecule has 2 N–H and O–H groups in total. The molecule has 0 aromatic carbocycles. The summed E-state index contributed by atoms with van der Waals surface area (Å²) >= 11 is 0. The van der Waals surface area contributed by atoms with Crippen LogP contribution in [-0.4, -0.2) is 53.9 Å². The minimum Gasteiger partial charge on any atom is -0.339 e. The summed E-state index contributed by atoms with van der Waals surface area (Å²) in [5.41, 5.74) is 0. The normalized spacial score (nSPS) is 18.8. The lowest BCUT2D eigenvalue weighted by atomic mass is 10.3. The summed E-state index contributed by atoms with van der Waals surface area (Å²) in [4.78, 5) is 6.37. The lowest BCUT2D eigenvalue weighted by Crippen LogP contribution is -2.50. The molecule has 9 heteroatoms. The van der Waals surface area contributed by atoms with E-state index in [-0.39, 0.29) is 0 Å². The molecule has 1 aromatic heterocycles. The zero-order chi connectivity index (χ0) is 13.9. The van der Waals surface area contributed by atoms with E-state index >= 15 is 0 Å². The van der Waals surface area contributed by atoms with Gasteiger partial charge in [-0.15, -0.1) is 0 Å². The van der Waals surface area contributed by atoms with Crippen LogP contribution < -0.4 is 5.14 Å². The fraction of sp³-hybridized carbons (Fsp3) is 0.800. The molecule has 0 unspecified atom stereocenters. The molecule has 1 fully saturated rings. The SMILES string of the molecule is CCCc1nc(CN2CCN(S(N)(=O)=O)CC2)no1. The summed E-state index contributed by atoms with van der Waals surface area (Å²) in [6, 6.07) is 0. The number of rotatable bonds is 5. The molecule has 0 saturated carbocycles. The molecule has 2 rings (SSSR count). The van der Waals surface area contributed by atoms with Gasteiger partial charge in [0.05, 0.1) is 6.54 Å². The van der Waals surface area contributed by atoms with Gasteiger partial charge in [0.25, 0.3) is 10.2 Å². The van der Waals surface area contributed by atoms with Crippen LogP contribution in [0.2, 0.25) is 0 Å². The predicted octanol–water partition coefficient (Wildman–Crippen LogP) is -0.657. The van der Waals surface area contributed by atoms with Crippen LogP contribution in [0.25, 0.3) is 0 Å². The maximum atomic E-state index is 11.2. The van der Waals surface area contributed by atoms with Crippen molar-refractivity contribution in [3.63, 3.8) is 0 Å². The number of piperazine rings is 1. The summed E-state index contributed by atoms with van der Waals surface area (Å²) in [7, 11) is -3.57. The highest BCUT2D eigenvalue weighted by Gasteiger charge is 2.24. The molecule has 0 aliphatic carbocycles. The highest BCUT2D eigenvalue weighted by Crippen LogP contribution is 2.08. The number of hydrogen-bond donors (Lipinski definition) is 1. The van der Waals surface area contributed by atoms with Crippen molar-refractivity contribution in [2.75, 3.05) is 26.2 Å². The van der Waals surface area contributed by atoms with Crippen LogP contribution in [0, 0.1) is 0 Å². The van der Waals surface area contributed by atoms with Gasteiger partial charge in [0.15, 0.2) is 5.82 Å². The second-order valence-electron chi connectivity index (χ2n) is 4.57. The van der Waals surface area contributed by atoms with Crippen molar-refractivity contribution in [2.45, 2.75) is 26.3 Å². The molecule has 0 bridgehead atoms. The molecule has 19 heavy (non-hydrogen) atoms. The molecule has 1 aromatic rings. The summed E-state index contributed by atoms with van der Waals surface area (Å²) < 4.78 is 28.7. The Hall–Kier alpha value is -1.03. The van der Waals surface area contributed by atoms with E-state index < -0.39 is 10.2 Å². The van der Waals surface area contributed by atoms with Crippen LogP contribution in [-0.2, 0) is 23.2 Å². The second kappa shape index (κ2) is 5.95. The van der Waals surface area contributed by atoms with Crippen molar-refractivity contribution in [1.29, 1.82) is 0 Å². The van der Waals surface area contributed by atoms with Crippen molar-refractivity contribution in [1.82, 2.24) is 19.3 Å². The van der Waals surface area contributed by atoms with Crippen molar-refractivity contribution in [3.8, 4) is 0 Å². The first-order valence-corrected chi connectivity index (χ1v) is 7.81. The van der Waals surface area contributed by atoms with Crippen molar-refractivity contribution in [2.24, 2.45) is 5.14 Å². The predicted molar refractivity (Wildman–Crippen MR) is 68.3 cm³/mol. The first-order chi connectivity index (χ1) is 8.99. The summed E-state index contributed by atoms with van der Waals surface area (Å²) in [5, 5.41) is 9.00. The van der Waals surface area contributed by atoms with Gasteiger partial charge in [0.2, 0.25) is 5.89 Å². The average Bonchev–Trinajstić information content (AvgIpc) is 2.77. The Labute approximate surface area is 112 Å². The first-order valence-electron chi connectivity index (χ1n) is 6.30. The maximum Gasteiger partial charge on any atom is 0.276 e. The Bertz CT molecular complexity index is 507. The van der Waals surface area contributed by atoms with Gasteiger partial charge in [-0.25, -0.2) is 5.14 Å². The molecule has 0 radical (unpaired) electrons. The van der Waals surface area contributed by atoms with Gasteiger partial charge in [-0.2, -0.15) is 17.7 Å². The molecule has 0 spiro atoms. The standard InChI is InChI=1S/C10H19N5O3S/c1-2-3-10-12-9(13-18-10)8-14-4-6-15(7-5-14)19(11,16)17/h2-8H2,1H3,(H2,11,16,17). The van der Waals surface area contributed by atoms with Crippen LogP contribution in [0.5, 0.6) is 0 Å². The zero-order valence-electron chi connectivity index (χ0n) is 10.9. The van der Waals surface area contributed by atoms with Crippen molar-refractivity contribution in [3.05, 3.63) is 11.7 Å². The Morgan fingerprint density at radius 3 is 2.58 bits per heavy atom. The van der Waals surface area contributed by atoms with Crippen molar-refractivity contribution < 1.29 is 12.9 Å². The smallest absolute Gasteiger partial charge is 0.276 e. The molecule has 1 aliphatic heterocycles. The molecule has 108 valence electrons. The molecular weight excluding hydrogens is 270 g/mol. The third-order valence-electron chi connectivity index (χ3n) is 3.03. The van der Waals surface area contributed by atoms with Gasteiger partial charge in [0.1, 0.15) is 0 Å². The minimum absolute atomic E-state index is 0.401. The lowest BCUT2D eigenvalue weighted by molar-refractivity contribution is 0.176. The summed E-state index contributed by atoms with van der Waals surface area (Å²) in [6.45, 7) is 4.67. The van der Waals surface area contributed by atoms with Gasteiger partial charge in [-0.3, -0.25) is 4.90 Å². The molecule has 0 amide bonds. The van der Waals surface area contributed by atoms with Crippen molar-refractivity contribution >= 4 is 10.2 Å². The van der Waals surface area contributed by atoms with E-state index in [1.54, 1.807) is 0 Å². The largest absolute Gasteiger partial charge is 0.339 e. The Morgan fingerprint density at radius 1 is 1.32 bits per heavy atom. The highest BCUT2D eigenvalue weighted by atomic mass is 32.2. The summed E-state index contributed by atoms with van der Waals surface area (Å²) in [6.07, 6.45) is 1.75. The monoisotopic (exact) mass is 289 g/mol. The van der Waals surface area contributed by atoms with E-state index in [1.165, 1.54) is 4.31 Å². The van der Waals surface area contributed by atoms with Crippen LogP contribution in [0.3, 0.4) is 0 Å². The van der Waals surface area contributed by atoms with Gasteiger partial charge in [-0.05, 0) is 6.42 Å². The quantitative estimate of drug-likeness (QED) is 0.771. The zero-order valence-corrected chi connectivity index (χ0v) is 11.8. The number of nitrogens with zero attached hydrogens (tertiary/aromatic N) is 4. The van der Waals surface area contributed by atoms with E-state index in [0.717, 1.165) is 12.8 Å². The van der Waals surface area contributed by atoms with E-state index in [1.807, 2.05) is 0 Å². The third kappa shape index (κ3) is 3.96. The number of aromatic nitrogens is 2. The van der Waals surface area contributed by atoms with E-state index in [2.05, 4.69) is 22.0 Å². The van der Waals surface area contributed by atoms with Gasteiger partial charge < -0.3 is 4.52 Å². The highest BCUT2D eigenvalue weighted by molar-refractivity contribution is 7.86. The van der Waals surface area contributed by atoms with E-state index in [9.17, 15) is 8.42 Å². The maximum absolute atomic E-state index is 11.2. The summed E-state index contributed by atoms with van der Waals surface area (Å²) in [5.74, 6) is 1.30. The number of nitrogens with two attached hydrogens (primary N) is 1. The Kier molecular flexibility index (Phi) is 4.50. The van der Waals surface area contributed by atoms with Crippen LogP contribution >= 0.6 is 0 Å². The number of aryl methyl sites for hydroxylation is 1. The molecule has 8 nitrogen and oxygen atoms in total. The van der Waals surface area contributed by atoms with Crippen LogP contribution in [0.1, 0.15) is 25.1 Å². The van der Waals surface area contributed by atoms with Crippen LogP contribution in [0.4, 0.5) is 0 Å². The topological polar surface area (TPSA) is 106 Å². The Morgan fingerprint density at radius 2 is 2.00 bits per heavy atom. The fourth-order valence-electron chi connectivity index (χ4n) is 2.01. The van der Waals surface area contributed by atoms with Gasteiger partial charge in [0, 0.05) is 32.6 Å². The lowest BCUT2D eigenvalue weighted by Gasteiger charge is -2.31. The Balaban J connectivity index is 1.85. The molecule has 2 heterocycles. The number of hydrogen-bond acceptors (Lipinski definition) is 6. The average molecular weight is 289 g/mol. The third-order valence-corrected chi connectivity index (χ3v) is 4.12. The minimum atomic E-state index is -3.57. The van der Waals surface area contributed by atoms with Crippen LogP contribution in [0.15, 0.2) is 4.52 Å².